The van der Waals surface area contributed by atoms with Crippen molar-refractivity contribution < 1.29 is 8.85 Å². The van der Waals surface area contributed by atoms with Crippen molar-refractivity contribution in [1.82, 2.24) is 0 Å². The van der Waals surface area contributed by atoms with Crippen molar-refractivity contribution in [2.24, 2.45) is 5.41 Å². The first-order valence-corrected chi connectivity index (χ1v) is 16.9. The Labute approximate surface area is 171 Å². The van der Waals surface area contributed by atoms with Gasteiger partial charge in [0.05, 0.1) is 5.60 Å². The summed E-state index contributed by atoms with van der Waals surface area (Å²) in [5.41, 5.74) is 1.77. The second kappa shape index (κ2) is 8.08. The van der Waals surface area contributed by atoms with Crippen molar-refractivity contribution in [1.29, 1.82) is 0 Å². The molecule has 2 aliphatic carbocycles. The molecule has 0 radical (unpaired) electrons. The summed E-state index contributed by atoms with van der Waals surface area (Å²) in [7, 11) is -3.43. The van der Waals surface area contributed by atoms with Crippen molar-refractivity contribution in [3.63, 3.8) is 0 Å². The Morgan fingerprint density at radius 3 is 2.07 bits per heavy atom. The van der Waals surface area contributed by atoms with Gasteiger partial charge in [0.25, 0.3) is 0 Å². The highest BCUT2D eigenvalue weighted by Crippen LogP contribution is 2.63. The molecule has 2 rings (SSSR count). The van der Waals surface area contributed by atoms with Crippen LogP contribution in [-0.2, 0) is 8.85 Å². The van der Waals surface area contributed by atoms with Gasteiger partial charge in [0.2, 0.25) is 0 Å². The monoisotopic (exact) mass is 410 g/mol. The normalized spacial score (nSPS) is 30.9. The van der Waals surface area contributed by atoms with Gasteiger partial charge in [-0.25, -0.2) is 0 Å². The predicted molar refractivity (Wildman–Crippen MR) is 123 cm³/mol. The Morgan fingerprint density at radius 2 is 1.59 bits per heavy atom. The van der Waals surface area contributed by atoms with E-state index in [0.29, 0.717) is 0 Å². The molecule has 2 aliphatic rings. The van der Waals surface area contributed by atoms with Crippen molar-refractivity contribution in [2.45, 2.75) is 122 Å². The number of rotatable bonds is 8. The molecule has 158 valence electrons. The Balaban J connectivity index is 2.39. The standard InChI is InChI=1S/C23H46O2Si2/c1-10-20-15-18-22(19-24-26(8,9)21(5,6)7)16-14-17-23(20,22)25-27(11-2,12-3)13-4/h10H,11-19H2,1-9H3/b20-10+/t22-,23-/m0/s1. The molecule has 0 unspecified atom stereocenters. The summed E-state index contributed by atoms with van der Waals surface area (Å²) in [6, 6.07) is 3.70. The van der Waals surface area contributed by atoms with Gasteiger partial charge in [-0.15, -0.1) is 0 Å². The van der Waals surface area contributed by atoms with Gasteiger partial charge in [-0.2, -0.15) is 0 Å². The molecule has 0 spiro atoms. The second-order valence-electron chi connectivity index (χ2n) is 10.7. The summed E-state index contributed by atoms with van der Waals surface area (Å²) in [4.78, 5) is 0. The molecular weight excluding hydrogens is 364 g/mol. The van der Waals surface area contributed by atoms with Crippen LogP contribution in [0.25, 0.3) is 0 Å². The highest BCUT2D eigenvalue weighted by Gasteiger charge is 2.63. The molecule has 0 aromatic carbocycles. The molecule has 0 saturated heterocycles. The van der Waals surface area contributed by atoms with E-state index in [4.69, 9.17) is 8.85 Å². The summed E-state index contributed by atoms with van der Waals surface area (Å²) in [5.74, 6) is 0. The summed E-state index contributed by atoms with van der Waals surface area (Å²) in [5, 5.41) is 0.266. The van der Waals surface area contributed by atoms with Crippen LogP contribution in [0.5, 0.6) is 0 Å². The van der Waals surface area contributed by atoms with E-state index in [1.54, 1.807) is 5.57 Å². The van der Waals surface area contributed by atoms with Crippen molar-refractivity contribution >= 4 is 16.6 Å². The molecule has 4 heteroatoms. The first-order valence-electron chi connectivity index (χ1n) is 11.5. The van der Waals surface area contributed by atoms with Crippen LogP contribution in [0.3, 0.4) is 0 Å². The van der Waals surface area contributed by atoms with Crippen LogP contribution in [0.4, 0.5) is 0 Å². The van der Waals surface area contributed by atoms with Gasteiger partial charge in [0, 0.05) is 12.0 Å². The fraction of sp³-hybridized carbons (Fsp3) is 0.913. The van der Waals surface area contributed by atoms with E-state index in [1.807, 2.05) is 0 Å². The zero-order valence-electron chi connectivity index (χ0n) is 19.8. The summed E-state index contributed by atoms with van der Waals surface area (Å²) >= 11 is 0. The quantitative estimate of drug-likeness (QED) is 0.302. The molecule has 2 saturated carbocycles. The number of hydrogen-bond donors (Lipinski definition) is 0. The first-order chi connectivity index (χ1) is 12.5. The zero-order valence-corrected chi connectivity index (χ0v) is 21.8. The maximum Gasteiger partial charge on any atom is 0.193 e. The van der Waals surface area contributed by atoms with E-state index in [1.165, 1.54) is 50.2 Å². The smallest absolute Gasteiger partial charge is 0.193 e. The second-order valence-corrected chi connectivity index (χ2v) is 20.2. The van der Waals surface area contributed by atoms with Gasteiger partial charge in [-0.1, -0.05) is 47.6 Å². The van der Waals surface area contributed by atoms with E-state index in [-0.39, 0.29) is 16.1 Å². The van der Waals surface area contributed by atoms with E-state index < -0.39 is 16.6 Å². The van der Waals surface area contributed by atoms with E-state index in [2.05, 4.69) is 67.6 Å². The highest BCUT2D eigenvalue weighted by molar-refractivity contribution is 6.74. The lowest BCUT2D eigenvalue weighted by atomic mass is 9.76. The SMILES string of the molecule is C/C=C1\CC[C@]2(CO[Si](C)(C)C(C)(C)C)CCC[C@]12O[Si](CC)(CC)CC. The van der Waals surface area contributed by atoms with Gasteiger partial charge >= 0.3 is 0 Å². The average Bonchev–Trinajstić information content (AvgIpc) is 3.10. The van der Waals surface area contributed by atoms with Gasteiger partial charge < -0.3 is 8.85 Å². The topological polar surface area (TPSA) is 18.5 Å². The maximum absolute atomic E-state index is 7.42. The predicted octanol–water partition coefficient (Wildman–Crippen LogP) is 7.68. The Kier molecular flexibility index (Phi) is 7.00. The van der Waals surface area contributed by atoms with E-state index >= 15 is 0 Å². The molecule has 0 amide bonds. The van der Waals surface area contributed by atoms with Crippen molar-refractivity contribution in [3.8, 4) is 0 Å². The Hall–Kier alpha value is 0.0938. The van der Waals surface area contributed by atoms with Crippen LogP contribution in [0, 0.1) is 5.41 Å². The molecule has 2 nitrogen and oxygen atoms in total. The number of hydrogen-bond acceptors (Lipinski definition) is 2. The van der Waals surface area contributed by atoms with E-state index in [9.17, 15) is 0 Å². The number of fused-ring (bicyclic) bond motifs is 1. The molecule has 0 aromatic heterocycles. The lowest BCUT2D eigenvalue weighted by molar-refractivity contribution is -0.0260. The van der Waals surface area contributed by atoms with Gasteiger partial charge in [-0.05, 0) is 80.9 Å². The number of allylic oxidation sites excluding steroid dienone is 1. The van der Waals surface area contributed by atoms with Crippen molar-refractivity contribution in [2.75, 3.05) is 6.61 Å². The summed E-state index contributed by atoms with van der Waals surface area (Å²) in [6.45, 7) is 22.1. The summed E-state index contributed by atoms with van der Waals surface area (Å²) < 4.78 is 14.3. The largest absolute Gasteiger partial charge is 0.416 e. The first kappa shape index (κ1) is 23.4. The molecule has 0 aliphatic heterocycles. The van der Waals surface area contributed by atoms with Crippen LogP contribution in [0.1, 0.15) is 80.6 Å². The van der Waals surface area contributed by atoms with E-state index in [0.717, 1.165) is 6.61 Å². The van der Waals surface area contributed by atoms with Gasteiger partial charge in [0.15, 0.2) is 16.6 Å². The minimum atomic E-state index is -1.75. The third-order valence-corrected chi connectivity index (χ3v) is 17.7. The van der Waals surface area contributed by atoms with Gasteiger partial charge in [-0.3, -0.25) is 0 Å². The van der Waals surface area contributed by atoms with Crippen LogP contribution < -0.4 is 0 Å². The minimum Gasteiger partial charge on any atom is -0.416 e. The lowest BCUT2D eigenvalue weighted by Crippen LogP contribution is -2.55. The Bertz CT molecular complexity index is 537. The van der Waals surface area contributed by atoms with Crippen molar-refractivity contribution in [3.05, 3.63) is 11.6 Å². The minimum absolute atomic E-state index is 0.0294. The third kappa shape index (κ3) is 3.93. The Morgan fingerprint density at radius 1 is 1.00 bits per heavy atom. The molecule has 0 heterocycles. The molecule has 27 heavy (non-hydrogen) atoms. The fourth-order valence-corrected chi connectivity index (χ4v) is 9.47. The zero-order chi connectivity index (χ0) is 20.6. The lowest BCUT2D eigenvalue weighted by Gasteiger charge is -2.49. The molecule has 0 aromatic rings. The molecule has 0 bridgehead atoms. The van der Waals surface area contributed by atoms with Crippen LogP contribution >= 0.6 is 0 Å². The van der Waals surface area contributed by atoms with Crippen LogP contribution in [0.2, 0.25) is 36.3 Å². The summed E-state index contributed by atoms with van der Waals surface area (Å²) in [6.07, 6.45) is 8.63. The van der Waals surface area contributed by atoms with Crippen LogP contribution in [-0.4, -0.2) is 28.8 Å². The molecule has 2 fully saturated rings. The molecule has 0 N–H and O–H groups in total. The highest BCUT2D eigenvalue weighted by atomic mass is 28.4. The molecular formula is C23H46O2Si2. The fourth-order valence-electron chi connectivity index (χ4n) is 5.28. The van der Waals surface area contributed by atoms with Crippen LogP contribution in [0.15, 0.2) is 11.6 Å². The molecule has 2 atom stereocenters. The maximum atomic E-state index is 7.42. The third-order valence-electron chi connectivity index (χ3n) is 8.62. The van der Waals surface area contributed by atoms with Gasteiger partial charge in [0.1, 0.15) is 0 Å². The average molecular weight is 411 g/mol.